The Labute approximate surface area is 134 Å². The molecule has 1 heterocycles. The van der Waals surface area contributed by atoms with Crippen LogP contribution in [0.25, 0.3) is 0 Å². The Morgan fingerprint density at radius 1 is 1.09 bits per heavy atom. The number of nitrogens with one attached hydrogen (secondary N) is 1. The highest BCUT2D eigenvalue weighted by Gasteiger charge is 2.17. The van der Waals surface area contributed by atoms with Gasteiger partial charge in [0.2, 0.25) is 10.0 Å². The van der Waals surface area contributed by atoms with E-state index in [0.717, 1.165) is 16.0 Å². The Hall–Kier alpha value is -1.57. The number of thiophene rings is 1. The van der Waals surface area contributed by atoms with Gasteiger partial charge in [0.1, 0.15) is 15.7 Å². The summed E-state index contributed by atoms with van der Waals surface area (Å²) < 4.78 is 38.0. The molecule has 0 unspecified atom stereocenters. The number of rotatable bonds is 6. The molecule has 0 aliphatic rings. The number of sulfonamides is 1. The summed E-state index contributed by atoms with van der Waals surface area (Å²) in [5, 5.41) is 0. The number of ether oxygens (including phenoxy) is 2. The quantitative estimate of drug-likeness (QED) is 0.877. The lowest BCUT2D eigenvalue weighted by atomic mass is 10.1. The summed E-state index contributed by atoms with van der Waals surface area (Å²) in [6.45, 7) is 3.92. The summed E-state index contributed by atoms with van der Waals surface area (Å²) >= 11 is 1.24. The molecule has 0 atom stereocenters. The van der Waals surface area contributed by atoms with Gasteiger partial charge in [0.25, 0.3) is 0 Å². The lowest BCUT2D eigenvalue weighted by molar-refractivity contribution is 0.396. The summed E-state index contributed by atoms with van der Waals surface area (Å²) in [6.07, 6.45) is 0. The minimum absolute atomic E-state index is 0.138. The van der Waals surface area contributed by atoms with Gasteiger partial charge in [-0.25, -0.2) is 13.1 Å². The predicted molar refractivity (Wildman–Crippen MR) is 87.4 cm³/mol. The second-order valence-electron chi connectivity index (χ2n) is 4.82. The van der Waals surface area contributed by atoms with Crippen molar-refractivity contribution in [3.63, 3.8) is 0 Å². The van der Waals surface area contributed by atoms with Gasteiger partial charge in [-0.1, -0.05) is 0 Å². The summed E-state index contributed by atoms with van der Waals surface area (Å²) in [5.74, 6) is 1.32. The van der Waals surface area contributed by atoms with Crippen molar-refractivity contribution in [2.24, 2.45) is 0 Å². The number of methoxy groups -OCH3 is 2. The number of hydrogen-bond donors (Lipinski definition) is 1. The first-order chi connectivity index (χ1) is 10.4. The monoisotopic (exact) mass is 341 g/mol. The van der Waals surface area contributed by atoms with E-state index in [2.05, 4.69) is 4.72 Å². The molecule has 0 radical (unpaired) electrons. The SMILES string of the molecule is COc1cc(CNS(=O)(=O)c2ccc(C)s2)c(OC)cc1C. The third-order valence-corrected chi connectivity index (χ3v) is 6.12. The average Bonchev–Trinajstić information content (AvgIpc) is 2.93. The second kappa shape index (κ2) is 6.68. The first-order valence-corrected chi connectivity index (χ1v) is 8.95. The van der Waals surface area contributed by atoms with Gasteiger partial charge in [0.05, 0.1) is 14.2 Å². The largest absolute Gasteiger partial charge is 0.496 e. The van der Waals surface area contributed by atoms with Crippen LogP contribution in [0.3, 0.4) is 0 Å². The summed E-state index contributed by atoms with van der Waals surface area (Å²) in [4.78, 5) is 0.954. The van der Waals surface area contributed by atoms with Gasteiger partial charge in [0.15, 0.2) is 0 Å². The smallest absolute Gasteiger partial charge is 0.250 e. The number of benzene rings is 1. The molecule has 0 saturated heterocycles. The molecule has 2 aromatic rings. The van der Waals surface area contributed by atoms with Gasteiger partial charge < -0.3 is 9.47 Å². The van der Waals surface area contributed by atoms with Crippen molar-refractivity contribution in [3.8, 4) is 11.5 Å². The lowest BCUT2D eigenvalue weighted by Gasteiger charge is -2.13. The minimum Gasteiger partial charge on any atom is -0.496 e. The van der Waals surface area contributed by atoms with Gasteiger partial charge in [-0.05, 0) is 43.7 Å². The lowest BCUT2D eigenvalue weighted by Crippen LogP contribution is -2.22. The molecular formula is C15H19NO4S2. The van der Waals surface area contributed by atoms with E-state index in [0.29, 0.717) is 15.7 Å². The molecule has 22 heavy (non-hydrogen) atoms. The van der Waals surface area contributed by atoms with Crippen molar-refractivity contribution in [1.29, 1.82) is 0 Å². The van der Waals surface area contributed by atoms with E-state index in [-0.39, 0.29) is 6.54 Å². The summed E-state index contributed by atoms with van der Waals surface area (Å²) in [7, 11) is -0.382. The molecule has 0 spiro atoms. The van der Waals surface area contributed by atoms with E-state index >= 15 is 0 Å². The van der Waals surface area contributed by atoms with Gasteiger partial charge in [0, 0.05) is 17.0 Å². The molecule has 0 amide bonds. The minimum atomic E-state index is -3.52. The highest BCUT2D eigenvalue weighted by molar-refractivity contribution is 7.91. The highest BCUT2D eigenvalue weighted by Crippen LogP contribution is 2.29. The standard InChI is InChI=1S/C15H19NO4S2/c1-10-7-14(20-4)12(8-13(10)19-3)9-16-22(17,18)15-6-5-11(2)21-15/h5-8,16H,9H2,1-4H3. The highest BCUT2D eigenvalue weighted by atomic mass is 32.2. The molecule has 1 N–H and O–H groups in total. The molecule has 1 aromatic carbocycles. The van der Waals surface area contributed by atoms with Crippen molar-refractivity contribution in [3.05, 3.63) is 40.3 Å². The third-order valence-electron chi connectivity index (χ3n) is 3.23. The van der Waals surface area contributed by atoms with E-state index in [9.17, 15) is 8.42 Å². The van der Waals surface area contributed by atoms with Crippen LogP contribution in [0.5, 0.6) is 11.5 Å². The van der Waals surface area contributed by atoms with Crippen LogP contribution in [0, 0.1) is 13.8 Å². The topological polar surface area (TPSA) is 64.6 Å². The normalized spacial score (nSPS) is 11.5. The summed E-state index contributed by atoms with van der Waals surface area (Å²) in [5.41, 5.74) is 1.65. The van der Waals surface area contributed by atoms with E-state index in [1.807, 2.05) is 19.9 Å². The second-order valence-corrected chi connectivity index (χ2v) is 8.11. The predicted octanol–water partition coefficient (Wildman–Crippen LogP) is 2.86. The van der Waals surface area contributed by atoms with Gasteiger partial charge in [-0.2, -0.15) is 0 Å². The molecule has 0 aliphatic carbocycles. The van der Waals surface area contributed by atoms with Crippen LogP contribution in [-0.4, -0.2) is 22.6 Å². The Morgan fingerprint density at radius 2 is 1.77 bits per heavy atom. The molecule has 2 rings (SSSR count). The number of aryl methyl sites for hydroxylation is 2. The van der Waals surface area contributed by atoms with Crippen molar-refractivity contribution in [2.45, 2.75) is 24.6 Å². The maximum atomic E-state index is 12.3. The van der Waals surface area contributed by atoms with Crippen LogP contribution in [0.15, 0.2) is 28.5 Å². The zero-order chi connectivity index (χ0) is 16.3. The average molecular weight is 341 g/mol. The number of hydrogen-bond acceptors (Lipinski definition) is 5. The molecule has 7 heteroatoms. The molecule has 0 aliphatic heterocycles. The van der Waals surface area contributed by atoms with Crippen molar-refractivity contribution >= 4 is 21.4 Å². The molecular weight excluding hydrogens is 322 g/mol. The van der Waals surface area contributed by atoms with Gasteiger partial charge >= 0.3 is 0 Å². The van der Waals surface area contributed by atoms with E-state index < -0.39 is 10.0 Å². The van der Waals surface area contributed by atoms with E-state index in [1.54, 1.807) is 32.4 Å². The van der Waals surface area contributed by atoms with Crippen molar-refractivity contribution in [2.75, 3.05) is 14.2 Å². The first kappa shape index (κ1) is 16.8. The third kappa shape index (κ3) is 3.60. The van der Waals surface area contributed by atoms with Crippen molar-refractivity contribution < 1.29 is 17.9 Å². The van der Waals surface area contributed by atoms with Crippen LogP contribution in [0.2, 0.25) is 0 Å². The zero-order valence-electron chi connectivity index (χ0n) is 13.0. The Morgan fingerprint density at radius 3 is 2.32 bits per heavy atom. The van der Waals surface area contributed by atoms with Crippen LogP contribution in [0.4, 0.5) is 0 Å². The van der Waals surface area contributed by atoms with Crippen LogP contribution in [0.1, 0.15) is 16.0 Å². The van der Waals surface area contributed by atoms with Crippen molar-refractivity contribution in [1.82, 2.24) is 4.72 Å². The molecule has 0 bridgehead atoms. The Kier molecular flexibility index (Phi) is 5.10. The fourth-order valence-electron chi connectivity index (χ4n) is 2.05. The Balaban J connectivity index is 2.24. The van der Waals surface area contributed by atoms with Crippen LogP contribution < -0.4 is 14.2 Å². The van der Waals surface area contributed by atoms with Crippen LogP contribution >= 0.6 is 11.3 Å². The molecule has 0 fully saturated rings. The molecule has 0 saturated carbocycles. The first-order valence-electron chi connectivity index (χ1n) is 6.65. The fourth-order valence-corrected chi connectivity index (χ4v) is 4.39. The summed E-state index contributed by atoms with van der Waals surface area (Å²) in [6, 6.07) is 7.01. The van der Waals surface area contributed by atoms with E-state index in [4.69, 9.17) is 9.47 Å². The van der Waals surface area contributed by atoms with Crippen LogP contribution in [-0.2, 0) is 16.6 Å². The zero-order valence-corrected chi connectivity index (χ0v) is 14.6. The maximum absolute atomic E-state index is 12.3. The van der Waals surface area contributed by atoms with Gasteiger partial charge in [-0.15, -0.1) is 11.3 Å². The van der Waals surface area contributed by atoms with Gasteiger partial charge in [-0.3, -0.25) is 0 Å². The molecule has 1 aromatic heterocycles. The van der Waals surface area contributed by atoms with E-state index in [1.165, 1.54) is 11.3 Å². The fraction of sp³-hybridized carbons (Fsp3) is 0.333. The Bertz CT molecular complexity index is 766. The molecule has 120 valence electrons. The maximum Gasteiger partial charge on any atom is 0.250 e. The molecule has 5 nitrogen and oxygen atoms in total.